The molecule has 0 fully saturated rings. The van der Waals surface area contributed by atoms with Gasteiger partial charge in [-0.25, -0.2) is 0 Å². The molecule has 0 unspecified atom stereocenters. The fourth-order valence-electron chi connectivity index (χ4n) is 2.38. The lowest BCUT2D eigenvalue weighted by Crippen LogP contribution is -2.03. The smallest absolute Gasteiger partial charge is 0.171 e. The maximum atomic E-state index is 12.3. The van der Waals surface area contributed by atoms with Gasteiger partial charge in [0.2, 0.25) is 0 Å². The van der Waals surface area contributed by atoms with Gasteiger partial charge in [-0.05, 0) is 34.5 Å². The number of carbonyl (C=O) groups excluding carboxylic acids is 1. The van der Waals surface area contributed by atoms with Crippen molar-refractivity contribution in [2.24, 2.45) is 0 Å². The normalized spacial score (nSPS) is 10.7. The molecule has 3 heteroatoms. The summed E-state index contributed by atoms with van der Waals surface area (Å²) < 4.78 is 0. The average Bonchev–Trinajstić information content (AvgIpc) is 2.49. The van der Waals surface area contributed by atoms with Crippen molar-refractivity contribution >= 4 is 16.6 Å². The monoisotopic (exact) mass is 278 g/mol. The van der Waals surface area contributed by atoms with Gasteiger partial charge in [0.25, 0.3) is 0 Å². The molecule has 3 nitrogen and oxygen atoms in total. The van der Waals surface area contributed by atoms with Crippen LogP contribution in [0.2, 0.25) is 0 Å². The lowest BCUT2D eigenvalue weighted by atomic mass is 9.99. The molecule has 0 aliphatic carbocycles. The van der Waals surface area contributed by atoms with Crippen molar-refractivity contribution in [2.75, 3.05) is 0 Å². The van der Waals surface area contributed by atoms with E-state index in [1.54, 1.807) is 0 Å². The Morgan fingerprint density at radius 3 is 2.43 bits per heavy atom. The maximum Gasteiger partial charge on any atom is 0.171 e. The van der Waals surface area contributed by atoms with E-state index >= 15 is 0 Å². The molecular weight excluding hydrogens is 264 g/mol. The van der Waals surface area contributed by atoms with E-state index in [0.29, 0.717) is 0 Å². The van der Waals surface area contributed by atoms with Crippen LogP contribution in [0.25, 0.3) is 10.8 Å². The Kier molecular flexibility index (Phi) is 3.32. The second-order valence-corrected chi connectivity index (χ2v) is 4.98. The Morgan fingerprint density at radius 2 is 1.62 bits per heavy atom. The fourth-order valence-corrected chi connectivity index (χ4v) is 2.38. The topological polar surface area (TPSA) is 57.5 Å². The molecule has 0 heterocycles. The first-order chi connectivity index (χ1) is 10.1. The zero-order chi connectivity index (χ0) is 14.8. The van der Waals surface area contributed by atoms with Crippen LogP contribution in [0.15, 0.2) is 60.7 Å². The minimum atomic E-state index is -0.223. The van der Waals surface area contributed by atoms with Crippen molar-refractivity contribution < 1.29 is 15.0 Å². The summed E-state index contributed by atoms with van der Waals surface area (Å²) in [6.45, 7) is 0. The molecule has 3 rings (SSSR count). The second-order valence-electron chi connectivity index (χ2n) is 4.98. The average molecular weight is 278 g/mol. The molecule has 0 bridgehead atoms. The molecule has 0 saturated carbocycles. The third kappa shape index (κ3) is 2.72. The van der Waals surface area contributed by atoms with E-state index < -0.39 is 0 Å². The van der Waals surface area contributed by atoms with Gasteiger partial charge >= 0.3 is 0 Å². The van der Waals surface area contributed by atoms with Crippen molar-refractivity contribution in [3.8, 4) is 11.5 Å². The number of fused-ring (bicyclic) bond motifs is 1. The molecule has 0 amide bonds. The van der Waals surface area contributed by atoms with Gasteiger partial charge in [0, 0.05) is 6.42 Å². The zero-order valence-corrected chi connectivity index (χ0v) is 11.3. The first kappa shape index (κ1) is 13.2. The van der Waals surface area contributed by atoms with Crippen LogP contribution in [0.4, 0.5) is 0 Å². The number of carbonyl (C=O) groups is 1. The highest BCUT2D eigenvalue weighted by Gasteiger charge is 2.13. The number of aromatic hydroxyl groups is 2. The van der Waals surface area contributed by atoms with Gasteiger partial charge in [0.05, 0.1) is 5.56 Å². The molecule has 2 N–H and O–H groups in total. The molecule has 0 radical (unpaired) electrons. The second kappa shape index (κ2) is 5.29. The van der Waals surface area contributed by atoms with Crippen molar-refractivity contribution in [3.05, 3.63) is 71.8 Å². The minimum Gasteiger partial charge on any atom is -0.508 e. The van der Waals surface area contributed by atoms with Crippen LogP contribution in [0, 0.1) is 0 Å². The Bertz CT molecular complexity index is 822. The van der Waals surface area contributed by atoms with Crippen LogP contribution in [-0.4, -0.2) is 16.0 Å². The SMILES string of the molecule is O=C(Cc1ccc2ccccc2c1)c1cc(O)ccc1O. The molecule has 0 aliphatic heterocycles. The number of Topliss-reactive ketones (excluding diaryl/α,β-unsaturated/α-hetero) is 1. The highest BCUT2D eigenvalue weighted by Crippen LogP contribution is 2.24. The Morgan fingerprint density at radius 1 is 0.857 bits per heavy atom. The summed E-state index contributed by atoms with van der Waals surface area (Å²) in [4.78, 5) is 12.3. The van der Waals surface area contributed by atoms with Gasteiger partial charge in [-0.3, -0.25) is 4.79 Å². The fraction of sp³-hybridized carbons (Fsp3) is 0.0556. The number of benzene rings is 3. The van der Waals surface area contributed by atoms with Crippen LogP contribution in [0.5, 0.6) is 11.5 Å². The summed E-state index contributed by atoms with van der Waals surface area (Å²) in [7, 11) is 0. The molecule has 0 saturated heterocycles. The lowest BCUT2D eigenvalue weighted by molar-refractivity contribution is 0.0990. The van der Waals surface area contributed by atoms with Crippen LogP contribution in [0.3, 0.4) is 0 Å². The maximum absolute atomic E-state index is 12.3. The number of rotatable bonds is 3. The van der Waals surface area contributed by atoms with Crippen LogP contribution in [0.1, 0.15) is 15.9 Å². The lowest BCUT2D eigenvalue weighted by Gasteiger charge is -2.06. The molecule has 0 atom stereocenters. The minimum absolute atomic E-state index is 0.0327. The molecule has 3 aromatic rings. The summed E-state index contributed by atoms with van der Waals surface area (Å²) in [5.74, 6) is -0.369. The van der Waals surface area contributed by atoms with E-state index in [4.69, 9.17) is 0 Å². The van der Waals surface area contributed by atoms with Crippen LogP contribution in [-0.2, 0) is 6.42 Å². The predicted molar refractivity (Wildman–Crippen MR) is 81.8 cm³/mol. The quantitative estimate of drug-likeness (QED) is 0.567. The third-order valence-electron chi connectivity index (χ3n) is 3.46. The zero-order valence-electron chi connectivity index (χ0n) is 11.3. The summed E-state index contributed by atoms with van der Waals surface area (Å²) in [5.41, 5.74) is 1.02. The van der Waals surface area contributed by atoms with Gasteiger partial charge in [0.1, 0.15) is 11.5 Å². The molecule has 21 heavy (non-hydrogen) atoms. The van der Waals surface area contributed by atoms with Crippen molar-refractivity contribution in [1.29, 1.82) is 0 Å². The number of hydrogen-bond acceptors (Lipinski definition) is 3. The van der Waals surface area contributed by atoms with E-state index in [-0.39, 0.29) is 29.3 Å². The number of ketones is 1. The highest BCUT2D eigenvalue weighted by molar-refractivity contribution is 6.00. The highest BCUT2D eigenvalue weighted by atomic mass is 16.3. The standard InChI is InChI=1S/C18H14O3/c19-15-7-8-17(20)16(11-15)18(21)10-12-5-6-13-3-1-2-4-14(13)9-12/h1-9,11,19-20H,10H2. The Balaban J connectivity index is 1.90. The molecule has 0 aromatic heterocycles. The molecular formula is C18H14O3. The van der Waals surface area contributed by atoms with Crippen LogP contribution >= 0.6 is 0 Å². The molecule has 104 valence electrons. The Hall–Kier alpha value is -2.81. The Labute approximate surface area is 122 Å². The van der Waals surface area contributed by atoms with Crippen LogP contribution < -0.4 is 0 Å². The van der Waals surface area contributed by atoms with Gasteiger partial charge in [-0.1, -0.05) is 42.5 Å². The first-order valence-corrected chi connectivity index (χ1v) is 6.66. The van der Waals surface area contributed by atoms with E-state index in [1.165, 1.54) is 18.2 Å². The number of phenols is 2. The first-order valence-electron chi connectivity index (χ1n) is 6.66. The van der Waals surface area contributed by atoms with Gasteiger partial charge in [-0.15, -0.1) is 0 Å². The van der Waals surface area contributed by atoms with Crippen molar-refractivity contribution in [3.63, 3.8) is 0 Å². The predicted octanol–water partition coefficient (Wildman–Crippen LogP) is 3.68. The molecule has 3 aromatic carbocycles. The van der Waals surface area contributed by atoms with Gasteiger partial charge in [0.15, 0.2) is 5.78 Å². The van der Waals surface area contributed by atoms with E-state index in [1.807, 2.05) is 42.5 Å². The summed E-state index contributed by atoms with van der Waals surface area (Å²) >= 11 is 0. The molecule has 0 aliphatic rings. The van der Waals surface area contributed by atoms with Gasteiger partial charge in [-0.2, -0.15) is 0 Å². The number of hydrogen-bond donors (Lipinski definition) is 2. The largest absolute Gasteiger partial charge is 0.508 e. The summed E-state index contributed by atoms with van der Waals surface area (Å²) in [6, 6.07) is 17.7. The summed E-state index contributed by atoms with van der Waals surface area (Å²) in [5, 5.41) is 21.3. The van der Waals surface area contributed by atoms with E-state index in [9.17, 15) is 15.0 Å². The third-order valence-corrected chi connectivity index (χ3v) is 3.46. The van der Waals surface area contributed by atoms with E-state index in [2.05, 4.69) is 0 Å². The van der Waals surface area contributed by atoms with Crippen molar-refractivity contribution in [1.82, 2.24) is 0 Å². The summed E-state index contributed by atoms with van der Waals surface area (Å²) in [6.07, 6.45) is 0.182. The van der Waals surface area contributed by atoms with E-state index in [0.717, 1.165) is 16.3 Å². The van der Waals surface area contributed by atoms with Gasteiger partial charge < -0.3 is 10.2 Å². The number of phenolic OH excluding ortho intramolecular Hbond substituents is 2. The molecule has 0 spiro atoms. The van der Waals surface area contributed by atoms with Crippen molar-refractivity contribution in [2.45, 2.75) is 6.42 Å².